The quantitative estimate of drug-likeness (QED) is 0.0426. The van der Waals surface area contributed by atoms with Crippen molar-refractivity contribution in [3.63, 3.8) is 0 Å². The third-order valence-corrected chi connectivity index (χ3v) is 12.5. The summed E-state index contributed by atoms with van der Waals surface area (Å²) in [6.45, 7) is 14.0. The lowest BCUT2D eigenvalue weighted by Gasteiger charge is -2.28. The number of carbonyl (C=O) groups excluding carboxylic acids is 1. The van der Waals surface area contributed by atoms with E-state index in [4.69, 9.17) is 22.8 Å². The van der Waals surface area contributed by atoms with E-state index in [-0.39, 0.29) is 5.91 Å². The summed E-state index contributed by atoms with van der Waals surface area (Å²) in [6.07, 6.45) is 21.1. The Morgan fingerprint density at radius 3 is 1.81 bits per heavy atom. The van der Waals surface area contributed by atoms with E-state index in [0.29, 0.717) is 46.0 Å². The van der Waals surface area contributed by atoms with Crippen LogP contribution in [0.1, 0.15) is 156 Å². The highest BCUT2D eigenvalue weighted by Crippen LogP contribution is 2.34. The number of nitrogens with one attached hydrogen (secondary N) is 1. The molecule has 0 heterocycles. The van der Waals surface area contributed by atoms with E-state index in [1.165, 1.54) is 69.8 Å². The van der Waals surface area contributed by atoms with Crippen molar-refractivity contribution in [1.29, 1.82) is 0 Å². The zero-order chi connectivity index (χ0) is 39.0. The molecule has 0 unspecified atom stereocenters. The minimum absolute atomic E-state index is 0.127. The van der Waals surface area contributed by atoms with E-state index in [2.05, 4.69) is 53.7 Å². The average Bonchev–Trinajstić information content (AvgIpc) is 3.17. The highest BCUT2D eigenvalue weighted by Gasteiger charge is 2.39. The fraction of sp³-hybridized carbons (Fsp3) is 0.705. The Hall–Kier alpha value is -2.79. The number of rotatable bonds is 35. The van der Waals surface area contributed by atoms with Gasteiger partial charge in [-0.15, -0.1) is 5.11 Å². The second-order valence-electron chi connectivity index (χ2n) is 14.1. The van der Waals surface area contributed by atoms with Crippen LogP contribution in [0.15, 0.2) is 52.7 Å². The summed E-state index contributed by atoms with van der Waals surface area (Å²) in [7, 11) is -2.64. The maximum Gasteiger partial charge on any atom is 0.500 e. The largest absolute Gasteiger partial charge is 0.500 e. The van der Waals surface area contributed by atoms with Gasteiger partial charge >= 0.3 is 8.80 Å². The summed E-state index contributed by atoms with van der Waals surface area (Å²) in [5, 5.41) is 12.2. The highest BCUT2D eigenvalue weighted by molar-refractivity contribution is 6.60. The van der Waals surface area contributed by atoms with Crippen LogP contribution in [0, 0.1) is 0 Å². The molecule has 0 atom stereocenters. The molecule has 0 bridgehead atoms. The highest BCUT2D eigenvalue weighted by atomic mass is 28.4. The van der Waals surface area contributed by atoms with Crippen LogP contribution in [0.25, 0.3) is 0 Å². The number of ether oxygens (including phenoxy) is 2. The minimum Gasteiger partial charge on any atom is -0.493 e. The molecule has 10 heteroatoms. The Morgan fingerprint density at radius 2 is 1.19 bits per heavy atom. The molecule has 2 aromatic carbocycles. The molecule has 9 nitrogen and oxygen atoms in total. The Kier molecular flexibility index (Phi) is 27.6. The topological polar surface area (TPSA) is 100.0 Å². The second kappa shape index (κ2) is 31.4. The van der Waals surface area contributed by atoms with Crippen molar-refractivity contribution in [2.75, 3.05) is 39.6 Å². The van der Waals surface area contributed by atoms with Gasteiger partial charge in [-0.25, -0.2) is 0 Å². The number of aryl methyl sites for hydroxylation is 1. The van der Waals surface area contributed by atoms with Crippen LogP contribution >= 0.6 is 0 Å². The SMILES string of the molecule is CCCCCCOc1ccc(N=Nc2ccc(CCCCCC)cc2)c(OCCCCCCCCCCC(=O)NCCC[Si](OCC)(OCC)OCC)c1. The number of hydrogen-bond acceptors (Lipinski definition) is 8. The van der Waals surface area contributed by atoms with Crippen LogP contribution in [0.3, 0.4) is 0 Å². The number of hydrogen-bond donors (Lipinski definition) is 1. The summed E-state index contributed by atoms with van der Waals surface area (Å²) in [4.78, 5) is 12.3. The predicted octanol–water partition coefficient (Wildman–Crippen LogP) is 12.6. The van der Waals surface area contributed by atoms with Crippen LogP contribution in [-0.2, 0) is 24.5 Å². The predicted molar refractivity (Wildman–Crippen MR) is 225 cm³/mol. The van der Waals surface area contributed by atoms with Gasteiger partial charge in [0.15, 0.2) is 0 Å². The van der Waals surface area contributed by atoms with Gasteiger partial charge in [0.25, 0.3) is 0 Å². The number of benzene rings is 2. The number of nitrogens with zero attached hydrogens (tertiary/aromatic N) is 2. The summed E-state index contributed by atoms with van der Waals surface area (Å²) in [5.41, 5.74) is 2.92. The third-order valence-electron chi connectivity index (χ3n) is 9.36. The van der Waals surface area contributed by atoms with Crippen molar-refractivity contribution < 1.29 is 27.5 Å². The van der Waals surface area contributed by atoms with E-state index in [0.717, 1.165) is 80.3 Å². The Labute approximate surface area is 330 Å². The van der Waals surface area contributed by atoms with Gasteiger partial charge in [-0.2, -0.15) is 5.11 Å². The van der Waals surface area contributed by atoms with Crippen LogP contribution in [0.5, 0.6) is 11.5 Å². The first kappa shape index (κ1) is 47.4. The molecule has 0 fully saturated rings. The summed E-state index contributed by atoms with van der Waals surface area (Å²) < 4.78 is 30.0. The fourth-order valence-electron chi connectivity index (χ4n) is 6.35. The van der Waals surface area contributed by atoms with Crippen molar-refractivity contribution in [2.45, 2.75) is 163 Å². The Morgan fingerprint density at radius 1 is 0.611 bits per heavy atom. The van der Waals surface area contributed by atoms with Gasteiger partial charge in [-0.1, -0.05) is 103 Å². The molecule has 0 saturated heterocycles. The Bertz CT molecular complexity index is 1230. The van der Waals surface area contributed by atoms with E-state index >= 15 is 0 Å². The van der Waals surface area contributed by atoms with Crippen LogP contribution in [0.2, 0.25) is 6.04 Å². The van der Waals surface area contributed by atoms with Gasteiger partial charge in [0.2, 0.25) is 5.91 Å². The van der Waals surface area contributed by atoms with E-state index in [9.17, 15) is 4.79 Å². The summed E-state index contributed by atoms with van der Waals surface area (Å²) >= 11 is 0. The minimum atomic E-state index is -2.64. The molecular weight excluding hydrogens is 695 g/mol. The normalized spacial score (nSPS) is 11.7. The molecule has 0 aromatic heterocycles. The monoisotopic (exact) mass is 770 g/mol. The van der Waals surface area contributed by atoms with Gasteiger partial charge < -0.3 is 28.1 Å². The summed E-state index contributed by atoms with van der Waals surface area (Å²) in [5.74, 6) is 1.66. The van der Waals surface area contributed by atoms with Gasteiger partial charge in [0.1, 0.15) is 17.2 Å². The van der Waals surface area contributed by atoms with Crippen molar-refractivity contribution in [1.82, 2.24) is 5.32 Å². The van der Waals surface area contributed by atoms with Gasteiger partial charge in [0, 0.05) is 44.9 Å². The van der Waals surface area contributed by atoms with Crippen molar-refractivity contribution in [3.8, 4) is 11.5 Å². The molecule has 0 aliphatic heterocycles. The van der Waals surface area contributed by atoms with Crippen LogP contribution in [-0.4, -0.2) is 54.3 Å². The average molecular weight is 770 g/mol. The lowest BCUT2D eigenvalue weighted by molar-refractivity contribution is -0.121. The van der Waals surface area contributed by atoms with E-state index in [1.54, 1.807) is 0 Å². The molecule has 2 rings (SSSR count). The van der Waals surface area contributed by atoms with Gasteiger partial charge in [0.05, 0.1) is 18.9 Å². The van der Waals surface area contributed by atoms with Crippen LogP contribution in [0.4, 0.5) is 11.4 Å². The first-order valence-electron chi connectivity index (χ1n) is 21.6. The second-order valence-corrected chi connectivity index (χ2v) is 16.8. The maximum atomic E-state index is 12.3. The third kappa shape index (κ3) is 21.9. The molecule has 0 aliphatic carbocycles. The smallest absolute Gasteiger partial charge is 0.493 e. The molecule has 1 N–H and O–H groups in total. The number of unbranched alkanes of at least 4 members (excludes halogenated alkanes) is 13. The standard InChI is InChI=1S/C44H75N3O6Si/c1-6-11-13-21-26-39-28-30-40(31-29-39)46-47-42-33-32-41(49-35-23-14-12-7-2)38-43(42)50-36-24-20-18-16-15-17-19-22-27-44(48)45-34-25-37-54(51-8-3,52-9-4)53-10-5/h28-33,38H,6-27,34-37H2,1-5H3,(H,45,48). The molecule has 0 aliphatic rings. The van der Waals surface area contributed by atoms with Gasteiger partial charge in [-0.3, -0.25) is 4.79 Å². The molecule has 0 saturated carbocycles. The van der Waals surface area contributed by atoms with Gasteiger partial charge in [-0.05, 0) is 89.1 Å². The molecule has 54 heavy (non-hydrogen) atoms. The molecule has 0 spiro atoms. The molecular formula is C44H75N3O6Si. The molecule has 1 amide bonds. The lowest BCUT2D eigenvalue weighted by atomic mass is 10.1. The first-order chi connectivity index (χ1) is 26.5. The van der Waals surface area contributed by atoms with Crippen molar-refractivity contribution in [2.24, 2.45) is 10.2 Å². The zero-order valence-corrected chi connectivity index (χ0v) is 35.8. The van der Waals surface area contributed by atoms with Crippen molar-refractivity contribution >= 4 is 26.1 Å². The molecule has 2 aromatic rings. The first-order valence-corrected chi connectivity index (χ1v) is 23.5. The van der Waals surface area contributed by atoms with Crippen LogP contribution < -0.4 is 14.8 Å². The Balaban J connectivity index is 1.68. The number of azo groups is 1. The summed E-state index contributed by atoms with van der Waals surface area (Å²) in [6, 6.07) is 15.0. The lowest BCUT2D eigenvalue weighted by Crippen LogP contribution is -2.46. The number of amides is 1. The fourth-order valence-corrected chi connectivity index (χ4v) is 8.96. The van der Waals surface area contributed by atoms with E-state index in [1.807, 2.05) is 39.0 Å². The molecule has 306 valence electrons. The number of carbonyl (C=O) groups is 1. The maximum absolute atomic E-state index is 12.3. The molecule has 0 radical (unpaired) electrons. The zero-order valence-electron chi connectivity index (χ0n) is 34.8. The van der Waals surface area contributed by atoms with E-state index < -0.39 is 8.80 Å². The van der Waals surface area contributed by atoms with Crippen molar-refractivity contribution in [3.05, 3.63) is 48.0 Å².